The Hall–Kier alpha value is -1.52. The zero-order valence-electron chi connectivity index (χ0n) is 18.5. The Morgan fingerprint density at radius 2 is 1.17 bits per heavy atom. The zero-order chi connectivity index (χ0) is 23.2. The number of rotatable bonds is 9. The molecular formula is C18H31O11P. The lowest BCUT2D eigenvalue weighted by atomic mass is 9.99. The third kappa shape index (κ3) is 8.31. The number of carbonyl (C=O) groups excluding carboxylic acids is 3. The van der Waals surface area contributed by atoms with Crippen molar-refractivity contribution in [1.29, 1.82) is 0 Å². The molecule has 0 aliphatic carbocycles. The molecule has 0 unspecified atom stereocenters. The highest BCUT2D eigenvalue weighted by atomic mass is 31.2. The molecule has 0 saturated carbocycles. The summed E-state index contributed by atoms with van der Waals surface area (Å²) in [5, 5.41) is 0. The molecule has 5 atom stereocenters. The van der Waals surface area contributed by atoms with Crippen LogP contribution in [0.15, 0.2) is 0 Å². The summed E-state index contributed by atoms with van der Waals surface area (Å²) < 4.78 is 50.8. The van der Waals surface area contributed by atoms with Gasteiger partial charge in [0.15, 0.2) is 18.3 Å². The van der Waals surface area contributed by atoms with E-state index in [1.54, 1.807) is 27.7 Å². The Morgan fingerprint density at radius 1 is 0.767 bits per heavy atom. The molecule has 0 bridgehead atoms. The maximum absolute atomic E-state index is 13.1. The molecule has 0 aromatic rings. The van der Waals surface area contributed by atoms with Gasteiger partial charge in [0, 0.05) is 20.8 Å². The van der Waals surface area contributed by atoms with E-state index in [9.17, 15) is 18.9 Å². The predicted molar refractivity (Wildman–Crippen MR) is 102 cm³/mol. The molecule has 0 amide bonds. The maximum atomic E-state index is 13.1. The average molecular weight is 454 g/mol. The highest BCUT2D eigenvalue weighted by Crippen LogP contribution is 2.54. The number of phosphoric acid groups is 1. The topological polar surface area (TPSA) is 133 Å². The van der Waals surface area contributed by atoms with Gasteiger partial charge in [-0.05, 0) is 34.6 Å². The second-order valence-corrected chi connectivity index (χ2v) is 8.82. The monoisotopic (exact) mass is 454 g/mol. The van der Waals surface area contributed by atoms with Crippen LogP contribution in [0.3, 0.4) is 0 Å². The van der Waals surface area contributed by atoms with E-state index in [1.165, 1.54) is 13.8 Å². The molecule has 11 nitrogen and oxygen atoms in total. The lowest BCUT2D eigenvalue weighted by Crippen LogP contribution is -2.61. The van der Waals surface area contributed by atoms with E-state index in [1.807, 2.05) is 0 Å². The fraction of sp³-hybridized carbons (Fsp3) is 0.833. The van der Waals surface area contributed by atoms with Crippen molar-refractivity contribution >= 4 is 25.7 Å². The molecule has 0 spiro atoms. The minimum atomic E-state index is -4.18. The molecule has 0 aromatic heterocycles. The largest absolute Gasteiger partial charge is 0.477 e. The van der Waals surface area contributed by atoms with Gasteiger partial charge in [-0.15, -0.1) is 0 Å². The van der Waals surface area contributed by atoms with Gasteiger partial charge >= 0.3 is 25.7 Å². The number of carbonyl (C=O) groups is 3. The summed E-state index contributed by atoms with van der Waals surface area (Å²) in [6.07, 6.45) is -7.22. The van der Waals surface area contributed by atoms with Crippen molar-refractivity contribution in [2.45, 2.75) is 98.3 Å². The van der Waals surface area contributed by atoms with Gasteiger partial charge in [0.1, 0.15) is 0 Å². The van der Waals surface area contributed by atoms with E-state index in [2.05, 4.69) is 0 Å². The summed E-state index contributed by atoms with van der Waals surface area (Å²) in [7, 11) is -4.18. The summed E-state index contributed by atoms with van der Waals surface area (Å²) in [6.45, 7) is 11.5. The fourth-order valence-electron chi connectivity index (χ4n) is 2.77. The number of phosphoric ester groups is 1. The van der Waals surface area contributed by atoms with Gasteiger partial charge in [-0.25, -0.2) is 4.57 Å². The van der Waals surface area contributed by atoms with Crippen LogP contribution >= 0.6 is 7.82 Å². The quantitative estimate of drug-likeness (QED) is 0.289. The molecular weight excluding hydrogens is 423 g/mol. The third-order valence-electron chi connectivity index (χ3n) is 3.55. The maximum Gasteiger partial charge on any atom is 0.477 e. The third-order valence-corrected chi connectivity index (χ3v) is 5.37. The first-order valence-corrected chi connectivity index (χ1v) is 11.0. The van der Waals surface area contributed by atoms with Crippen LogP contribution in [0.1, 0.15) is 55.4 Å². The molecule has 1 fully saturated rings. The Balaban J connectivity index is 3.32. The van der Waals surface area contributed by atoms with Crippen molar-refractivity contribution in [3.8, 4) is 0 Å². The molecule has 174 valence electrons. The summed E-state index contributed by atoms with van der Waals surface area (Å²) in [4.78, 5) is 34.9. The molecule has 1 saturated heterocycles. The van der Waals surface area contributed by atoms with Crippen LogP contribution in [-0.2, 0) is 51.5 Å². The highest BCUT2D eigenvalue weighted by molar-refractivity contribution is 7.48. The highest BCUT2D eigenvalue weighted by Gasteiger charge is 2.53. The van der Waals surface area contributed by atoms with Crippen molar-refractivity contribution in [1.82, 2.24) is 0 Å². The first kappa shape index (κ1) is 26.5. The van der Waals surface area contributed by atoms with E-state index >= 15 is 0 Å². The summed E-state index contributed by atoms with van der Waals surface area (Å²) >= 11 is 0. The van der Waals surface area contributed by atoms with Crippen molar-refractivity contribution in [3.05, 3.63) is 0 Å². The molecule has 1 rings (SSSR count). The van der Waals surface area contributed by atoms with E-state index in [4.69, 9.17) is 32.5 Å². The van der Waals surface area contributed by atoms with E-state index in [-0.39, 0.29) is 0 Å². The Kier molecular flexibility index (Phi) is 9.90. The predicted octanol–water partition coefficient (Wildman–Crippen LogP) is 2.50. The fourth-order valence-corrected chi connectivity index (χ4v) is 4.38. The van der Waals surface area contributed by atoms with Gasteiger partial charge < -0.3 is 18.9 Å². The van der Waals surface area contributed by atoms with Gasteiger partial charge in [0.25, 0.3) is 0 Å². The Bertz CT molecular complexity index is 649. The molecule has 0 N–H and O–H groups in total. The lowest BCUT2D eigenvalue weighted by Gasteiger charge is -2.43. The van der Waals surface area contributed by atoms with Gasteiger partial charge in [-0.2, -0.15) is 0 Å². The van der Waals surface area contributed by atoms with Crippen molar-refractivity contribution in [2.75, 3.05) is 0 Å². The van der Waals surface area contributed by atoms with Crippen molar-refractivity contribution in [3.63, 3.8) is 0 Å². The van der Waals surface area contributed by atoms with Crippen molar-refractivity contribution in [2.24, 2.45) is 0 Å². The minimum Gasteiger partial charge on any atom is -0.456 e. The number of ether oxygens (including phenoxy) is 4. The van der Waals surface area contributed by atoms with E-state index in [0.29, 0.717) is 0 Å². The summed E-state index contributed by atoms with van der Waals surface area (Å²) in [5.74, 6) is -2.14. The smallest absolute Gasteiger partial charge is 0.456 e. The standard InChI is InChI=1S/C18H31O11P/c1-9(2)27-30(22,28-10(3)4)29-18-17(26-14(8)21)16(25-13(7)20)15(11(5)23-18)24-12(6)19/h9-11,15-18H,1-8H3/t11-,15-,16+,17+,18-/m0/s1. The molecule has 1 heterocycles. The van der Waals surface area contributed by atoms with Gasteiger partial charge in [-0.3, -0.25) is 28.0 Å². The van der Waals surface area contributed by atoms with E-state index in [0.717, 1.165) is 13.8 Å². The molecule has 0 radical (unpaired) electrons. The second-order valence-electron chi connectivity index (χ2n) is 7.29. The van der Waals surface area contributed by atoms with Gasteiger partial charge in [-0.1, -0.05) is 0 Å². The molecule has 12 heteroatoms. The van der Waals surface area contributed by atoms with Crippen LogP contribution in [0.4, 0.5) is 0 Å². The second kappa shape index (κ2) is 11.2. The molecule has 1 aliphatic rings. The van der Waals surface area contributed by atoms with Gasteiger partial charge in [0.05, 0.1) is 18.3 Å². The van der Waals surface area contributed by atoms with Crippen LogP contribution in [0.25, 0.3) is 0 Å². The van der Waals surface area contributed by atoms with Gasteiger partial charge in [0.2, 0.25) is 6.29 Å². The Labute approximate surface area is 176 Å². The average Bonchev–Trinajstić information content (AvgIpc) is 2.51. The summed E-state index contributed by atoms with van der Waals surface area (Å²) in [5.41, 5.74) is 0. The number of hydrogen-bond donors (Lipinski definition) is 0. The number of esters is 3. The van der Waals surface area contributed by atoms with Crippen LogP contribution < -0.4 is 0 Å². The van der Waals surface area contributed by atoms with Crippen LogP contribution in [-0.4, -0.2) is 60.8 Å². The molecule has 30 heavy (non-hydrogen) atoms. The molecule has 0 aromatic carbocycles. The SMILES string of the molecule is CC(=O)O[C@@H]1[C@@H](OC(C)=O)[C@H](C)O[C@@H](OP(=O)(OC(C)C)OC(C)C)[C@@H]1OC(C)=O. The summed E-state index contributed by atoms with van der Waals surface area (Å²) in [6, 6.07) is 0. The first-order valence-electron chi connectivity index (χ1n) is 9.56. The van der Waals surface area contributed by atoms with Crippen LogP contribution in [0.2, 0.25) is 0 Å². The number of hydrogen-bond acceptors (Lipinski definition) is 11. The van der Waals surface area contributed by atoms with Crippen LogP contribution in [0.5, 0.6) is 0 Å². The van der Waals surface area contributed by atoms with Crippen LogP contribution in [0, 0.1) is 0 Å². The molecule has 1 aliphatic heterocycles. The van der Waals surface area contributed by atoms with Crippen molar-refractivity contribution < 1.29 is 51.5 Å². The Morgan fingerprint density at radius 3 is 1.57 bits per heavy atom. The lowest BCUT2D eigenvalue weighted by molar-refractivity contribution is -0.284. The zero-order valence-corrected chi connectivity index (χ0v) is 19.4. The first-order chi connectivity index (χ1) is 13.7. The minimum absolute atomic E-state index is 0.527. The normalized spacial score (nSPS) is 27.1. The van der Waals surface area contributed by atoms with E-state index < -0.39 is 68.6 Å².